The van der Waals surface area contributed by atoms with Gasteiger partial charge in [0.05, 0.1) is 5.75 Å². The van der Waals surface area contributed by atoms with Crippen LogP contribution < -0.4 is 5.14 Å². The van der Waals surface area contributed by atoms with E-state index >= 15 is 0 Å². The normalized spacial score (nSPS) is 12.0. The Bertz CT molecular complexity index is 486. The van der Waals surface area contributed by atoms with Crippen molar-refractivity contribution < 1.29 is 8.42 Å². The number of nitrogens with two attached hydrogens (primary N) is 1. The highest BCUT2D eigenvalue weighted by molar-refractivity contribution is 7.89. The minimum atomic E-state index is -3.31. The molecule has 0 fully saturated rings. The van der Waals surface area contributed by atoms with Crippen LogP contribution in [0.2, 0.25) is 0 Å². The molecule has 0 heterocycles. The van der Waals surface area contributed by atoms with Gasteiger partial charge in [0.2, 0.25) is 10.0 Å². The first-order valence-electron chi connectivity index (χ1n) is 6.69. The van der Waals surface area contributed by atoms with E-state index in [1.54, 1.807) is 0 Å². The van der Waals surface area contributed by atoms with Crippen molar-refractivity contribution in [2.24, 2.45) is 5.14 Å². The molecule has 0 spiro atoms. The molecule has 5 heteroatoms. The average Bonchev–Trinajstić information content (AvgIpc) is 2.32. The number of hydrogen-bond acceptors (Lipinski definition) is 3. The molecule has 1 aromatic rings. The highest BCUT2D eigenvalue weighted by Gasteiger charge is 2.06. The van der Waals surface area contributed by atoms with Crippen LogP contribution >= 0.6 is 0 Å². The third kappa shape index (κ3) is 7.30. The fraction of sp³-hybridized carbons (Fsp3) is 0.571. The molecule has 19 heavy (non-hydrogen) atoms. The van der Waals surface area contributed by atoms with Gasteiger partial charge in [-0.3, -0.25) is 4.90 Å². The predicted octanol–water partition coefficient (Wildman–Crippen LogP) is 1.89. The summed E-state index contributed by atoms with van der Waals surface area (Å²) in [5.74, 6) is 0.0784. The van der Waals surface area contributed by atoms with E-state index in [0.717, 1.165) is 26.1 Å². The van der Waals surface area contributed by atoms with Crippen LogP contribution in [0.3, 0.4) is 0 Å². The van der Waals surface area contributed by atoms with Crippen molar-refractivity contribution in [2.45, 2.75) is 33.2 Å². The third-order valence-electron chi connectivity index (χ3n) is 3.09. The molecule has 4 nitrogen and oxygen atoms in total. The highest BCUT2D eigenvalue weighted by Crippen LogP contribution is 2.08. The van der Waals surface area contributed by atoms with Crippen LogP contribution in [0, 0.1) is 6.92 Å². The quantitative estimate of drug-likeness (QED) is 0.741. The summed E-state index contributed by atoms with van der Waals surface area (Å²) in [6, 6.07) is 8.47. The molecule has 1 aromatic carbocycles. The van der Waals surface area contributed by atoms with Crippen LogP contribution in [0.15, 0.2) is 24.3 Å². The number of rotatable bonds is 8. The summed E-state index contributed by atoms with van der Waals surface area (Å²) in [5, 5.41) is 4.98. The van der Waals surface area contributed by atoms with Crippen molar-refractivity contribution in [3.63, 3.8) is 0 Å². The lowest BCUT2D eigenvalue weighted by Crippen LogP contribution is -2.25. The lowest BCUT2D eigenvalue weighted by molar-refractivity contribution is 0.275. The van der Waals surface area contributed by atoms with Crippen LogP contribution in [-0.4, -0.2) is 32.2 Å². The summed E-state index contributed by atoms with van der Waals surface area (Å²) in [6.07, 6.45) is 1.49. The van der Waals surface area contributed by atoms with E-state index < -0.39 is 10.0 Å². The van der Waals surface area contributed by atoms with E-state index in [9.17, 15) is 8.42 Å². The molecule has 0 unspecified atom stereocenters. The van der Waals surface area contributed by atoms with Crippen LogP contribution in [0.4, 0.5) is 0 Å². The standard InChI is InChI=1S/C14H24N2O2S/c1-3-16(9-4-5-10-19(15,17)18)12-14-8-6-7-13(2)11-14/h6-8,11H,3-5,9-10,12H2,1-2H3,(H2,15,17,18). The minimum absolute atomic E-state index is 0.0784. The summed E-state index contributed by atoms with van der Waals surface area (Å²) in [7, 11) is -3.31. The number of hydrogen-bond donors (Lipinski definition) is 1. The Labute approximate surface area is 116 Å². The number of primary sulfonamides is 1. The molecule has 0 saturated carbocycles. The average molecular weight is 284 g/mol. The van der Waals surface area contributed by atoms with E-state index in [4.69, 9.17) is 5.14 Å². The molecule has 0 aliphatic carbocycles. The highest BCUT2D eigenvalue weighted by atomic mass is 32.2. The van der Waals surface area contributed by atoms with Gasteiger partial charge in [-0.15, -0.1) is 0 Å². The molecule has 0 aromatic heterocycles. The Kier molecular flexibility index (Phi) is 6.48. The summed E-state index contributed by atoms with van der Waals surface area (Å²) < 4.78 is 21.7. The van der Waals surface area contributed by atoms with Gasteiger partial charge in [0.25, 0.3) is 0 Å². The Morgan fingerprint density at radius 3 is 2.58 bits per heavy atom. The first kappa shape index (κ1) is 16.1. The van der Waals surface area contributed by atoms with Gasteiger partial charge in [-0.05, 0) is 38.4 Å². The summed E-state index contributed by atoms with van der Waals surface area (Å²) in [4.78, 5) is 2.32. The molecule has 0 radical (unpaired) electrons. The van der Waals surface area contributed by atoms with Crippen molar-refractivity contribution in [1.29, 1.82) is 0 Å². The largest absolute Gasteiger partial charge is 0.299 e. The van der Waals surface area contributed by atoms with Crippen molar-refractivity contribution in [3.8, 4) is 0 Å². The second-order valence-corrected chi connectivity index (χ2v) is 6.67. The van der Waals surface area contributed by atoms with Crippen molar-refractivity contribution in [3.05, 3.63) is 35.4 Å². The van der Waals surface area contributed by atoms with Gasteiger partial charge >= 0.3 is 0 Å². The lowest BCUT2D eigenvalue weighted by Gasteiger charge is -2.20. The van der Waals surface area contributed by atoms with Gasteiger partial charge in [-0.25, -0.2) is 13.6 Å². The molecule has 0 aliphatic heterocycles. The second-order valence-electron chi connectivity index (χ2n) is 4.93. The van der Waals surface area contributed by atoms with Gasteiger partial charge in [-0.2, -0.15) is 0 Å². The summed E-state index contributed by atoms with van der Waals surface area (Å²) in [6.45, 7) is 6.98. The number of nitrogens with zero attached hydrogens (tertiary/aromatic N) is 1. The molecule has 0 aliphatic rings. The zero-order chi connectivity index (χ0) is 14.3. The van der Waals surface area contributed by atoms with Crippen LogP contribution in [0.25, 0.3) is 0 Å². The van der Waals surface area contributed by atoms with E-state index in [0.29, 0.717) is 6.42 Å². The van der Waals surface area contributed by atoms with Crippen molar-refractivity contribution in [1.82, 2.24) is 4.90 Å². The number of unbranched alkanes of at least 4 members (excludes halogenated alkanes) is 1. The number of benzene rings is 1. The van der Waals surface area contributed by atoms with Gasteiger partial charge in [0.1, 0.15) is 0 Å². The first-order chi connectivity index (χ1) is 8.90. The molecule has 0 bridgehead atoms. The van der Waals surface area contributed by atoms with E-state index in [-0.39, 0.29) is 5.75 Å². The topological polar surface area (TPSA) is 63.4 Å². The molecule has 0 atom stereocenters. The van der Waals surface area contributed by atoms with Gasteiger partial charge in [0, 0.05) is 6.54 Å². The summed E-state index contributed by atoms with van der Waals surface area (Å²) >= 11 is 0. The van der Waals surface area contributed by atoms with Crippen molar-refractivity contribution >= 4 is 10.0 Å². The zero-order valence-electron chi connectivity index (χ0n) is 11.8. The maximum atomic E-state index is 10.8. The molecule has 0 amide bonds. The van der Waals surface area contributed by atoms with Crippen molar-refractivity contribution in [2.75, 3.05) is 18.8 Å². The second kappa shape index (κ2) is 7.62. The minimum Gasteiger partial charge on any atom is -0.299 e. The monoisotopic (exact) mass is 284 g/mol. The molecule has 0 saturated heterocycles. The van der Waals surface area contributed by atoms with Crippen LogP contribution in [-0.2, 0) is 16.6 Å². The number of aryl methyl sites for hydroxylation is 1. The molecular weight excluding hydrogens is 260 g/mol. The lowest BCUT2D eigenvalue weighted by atomic mass is 10.1. The van der Waals surface area contributed by atoms with E-state index in [2.05, 4.69) is 43.0 Å². The predicted molar refractivity (Wildman–Crippen MR) is 79.3 cm³/mol. The zero-order valence-corrected chi connectivity index (χ0v) is 12.6. The van der Waals surface area contributed by atoms with Crippen LogP contribution in [0.1, 0.15) is 30.9 Å². The SMILES string of the molecule is CCN(CCCCS(N)(=O)=O)Cc1cccc(C)c1. The smallest absolute Gasteiger partial charge is 0.209 e. The molecular formula is C14H24N2O2S. The molecule has 1 rings (SSSR count). The maximum Gasteiger partial charge on any atom is 0.209 e. The Balaban J connectivity index is 2.38. The molecule has 108 valence electrons. The Morgan fingerprint density at radius 1 is 1.26 bits per heavy atom. The summed E-state index contributed by atoms with van der Waals surface area (Å²) in [5.41, 5.74) is 2.57. The number of sulfonamides is 1. The maximum absolute atomic E-state index is 10.8. The fourth-order valence-corrected chi connectivity index (χ4v) is 2.66. The molecule has 2 N–H and O–H groups in total. The Hall–Kier alpha value is -0.910. The van der Waals surface area contributed by atoms with Gasteiger partial charge in [-0.1, -0.05) is 36.8 Å². The fourth-order valence-electron chi connectivity index (χ4n) is 2.06. The van der Waals surface area contributed by atoms with E-state index in [1.807, 2.05) is 0 Å². The third-order valence-corrected chi connectivity index (χ3v) is 3.95. The van der Waals surface area contributed by atoms with E-state index in [1.165, 1.54) is 11.1 Å². The first-order valence-corrected chi connectivity index (χ1v) is 8.40. The van der Waals surface area contributed by atoms with Crippen LogP contribution in [0.5, 0.6) is 0 Å². The Morgan fingerprint density at radius 2 is 2.00 bits per heavy atom. The van der Waals surface area contributed by atoms with Gasteiger partial charge < -0.3 is 0 Å². The van der Waals surface area contributed by atoms with Gasteiger partial charge in [0.15, 0.2) is 0 Å².